The van der Waals surface area contributed by atoms with E-state index in [2.05, 4.69) is 24.3 Å². The van der Waals surface area contributed by atoms with Crippen LogP contribution in [0.2, 0.25) is 0 Å². The highest BCUT2D eigenvalue weighted by molar-refractivity contribution is 8.00. The first-order valence-corrected chi connectivity index (χ1v) is 6.20. The zero-order valence-corrected chi connectivity index (χ0v) is 9.60. The van der Waals surface area contributed by atoms with Crippen LogP contribution in [0.25, 0.3) is 0 Å². The van der Waals surface area contributed by atoms with E-state index < -0.39 is 0 Å². The van der Waals surface area contributed by atoms with Gasteiger partial charge in [-0.05, 0) is 25.0 Å². The van der Waals surface area contributed by atoms with E-state index in [1.165, 1.54) is 22.6 Å². The number of hydrogen-bond donors (Lipinski definition) is 1. The standard InChI is InChI=1S/C12H17NS/c1-12(2,13)11-5-3-9(4-6-11)10-7-14-8-10/h3-6,10H,7-8,13H2,1-2H3. The van der Waals surface area contributed by atoms with Gasteiger partial charge in [-0.2, -0.15) is 11.8 Å². The van der Waals surface area contributed by atoms with Gasteiger partial charge in [0.2, 0.25) is 0 Å². The monoisotopic (exact) mass is 207 g/mol. The Morgan fingerprint density at radius 2 is 1.79 bits per heavy atom. The van der Waals surface area contributed by atoms with E-state index in [-0.39, 0.29) is 5.54 Å². The Morgan fingerprint density at radius 1 is 1.21 bits per heavy atom. The molecule has 0 radical (unpaired) electrons. The van der Waals surface area contributed by atoms with Crippen molar-refractivity contribution in [3.63, 3.8) is 0 Å². The largest absolute Gasteiger partial charge is 0.322 e. The molecule has 0 bridgehead atoms. The van der Waals surface area contributed by atoms with Crippen LogP contribution in [0.3, 0.4) is 0 Å². The topological polar surface area (TPSA) is 26.0 Å². The van der Waals surface area contributed by atoms with E-state index in [9.17, 15) is 0 Å². The summed E-state index contributed by atoms with van der Waals surface area (Å²) < 4.78 is 0. The summed E-state index contributed by atoms with van der Waals surface area (Å²) in [6.07, 6.45) is 0. The van der Waals surface area contributed by atoms with Crippen molar-refractivity contribution in [2.75, 3.05) is 11.5 Å². The molecule has 2 rings (SSSR count). The molecule has 0 saturated carbocycles. The molecule has 1 heterocycles. The molecule has 0 aliphatic carbocycles. The minimum Gasteiger partial charge on any atom is -0.322 e. The fourth-order valence-corrected chi connectivity index (χ4v) is 2.47. The number of rotatable bonds is 2. The van der Waals surface area contributed by atoms with Gasteiger partial charge >= 0.3 is 0 Å². The normalized spacial score (nSPS) is 17.9. The average molecular weight is 207 g/mol. The third-order valence-electron chi connectivity index (χ3n) is 2.76. The van der Waals surface area contributed by atoms with E-state index in [0.29, 0.717) is 0 Å². The van der Waals surface area contributed by atoms with Gasteiger partial charge in [-0.15, -0.1) is 0 Å². The van der Waals surface area contributed by atoms with Gasteiger partial charge in [0.25, 0.3) is 0 Å². The quantitative estimate of drug-likeness (QED) is 0.807. The lowest BCUT2D eigenvalue weighted by molar-refractivity contribution is 0.554. The molecular formula is C12H17NS. The summed E-state index contributed by atoms with van der Waals surface area (Å²) in [6, 6.07) is 8.79. The van der Waals surface area contributed by atoms with Crippen LogP contribution >= 0.6 is 11.8 Å². The van der Waals surface area contributed by atoms with E-state index in [4.69, 9.17) is 5.73 Å². The van der Waals surface area contributed by atoms with Crippen LogP contribution in [0.5, 0.6) is 0 Å². The van der Waals surface area contributed by atoms with Gasteiger partial charge in [-0.25, -0.2) is 0 Å². The smallest absolute Gasteiger partial charge is 0.0352 e. The number of benzene rings is 1. The van der Waals surface area contributed by atoms with Crippen LogP contribution in [-0.4, -0.2) is 11.5 Å². The first kappa shape index (κ1) is 10.1. The lowest BCUT2D eigenvalue weighted by atomic mass is 9.92. The first-order valence-electron chi connectivity index (χ1n) is 5.04. The highest BCUT2D eigenvalue weighted by Crippen LogP contribution is 2.34. The lowest BCUT2D eigenvalue weighted by Crippen LogP contribution is -2.28. The van der Waals surface area contributed by atoms with Crippen LogP contribution in [0.15, 0.2) is 24.3 Å². The zero-order valence-electron chi connectivity index (χ0n) is 8.79. The van der Waals surface area contributed by atoms with E-state index in [1.807, 2.05) is 25.6 Å². The Balaban J connectivity index is 2.17. The second-order valence-corrected chi connectivity index (χ2v) is 5.65. The second kappa shape index (κ2) is 3.59. The number of thioether (sulfide) groups is 1. The van der Waals surface area contributed by atoms with Crippen molar-refractivity contribution in [1.82, 2.24) is 0 Å². The minimum atomic E-state index is -0.215. The van der Waals surface area contributed by atoms with E-state index in [0.717, 1.165) is 5.92 Å². The van der Waals surface area contributed by atoms with Gasteiger partial charge in [-0.3, -0.25) is 0 Å². The molecule has 1 fully saturated rings. The summed E-state index contributed by atoms with van der Waals surface area (Å²) in [6.45, 7) is 4.09. The van der Waals surface area contributed by atoms with E-state index >= 15 is 0 Å². The summed E-state index contributed by atoms with van der Waals surface area (Å²) in [5.41, 5.74) is 8.50. The van der Waals surface area contributed by atoms with Gasteiger partial charge in [-0.1, -0.05) is 24.3 Å². The van der Waals surface area contributed by atoms with Crippen LogP contribution in [-0.2, 0) is 5.54 Å². The third-order valence-corrected chi connectivity index (χ3v) is 4.04. The van der Waals surface area contributed by atoms with Crippen molar-refractivity contribution in [3.8, 4) is 0 Å². The lowest BCUT2D eigenvalue weighted by Gasteiger charge is -2.26. The van der Waals surface area contributed by atoms with Gasteiger partial charge in [0.1, 0.15) is 0 Å². The van der Waals surface area contributed by atoms with Gasteiger partial charge in [0.05, 0.1) is 0 Å². The first-order chi connectivity index (χ1) is 6.57. The average Bonchev–Trinajstić information content (AvgIpc) is 2.00. The number of nitrogens with two attached hydrogens (primary N) is 1. The predicted octanol–water partition coefficient (Wildman–Crippen LogP) is 2.71. The van der Waals surface area contributed by atoms with E-state index in [1.54, 1.807) is 0 Å². The maximum atomic E-state index is 6.03. The second-order valence-electron chi connectivity index (χ2n) is 4.58. The van der Waals surface area contributed by atoms with Crippen LogP contribution in [0.4, 0.5) is 0 Å². The molecule has 2 heteroatoms. The Morgan fingerprint density at radius 3 is 2.14 bits per heavy atom. The molecule has 1 aromatic carbocycles. The maximum Gasteiger partial charge on any atom is 0.0352 e. The van der Waals surface area contributed by atoms with Crippen molar-refractivity contribution < 1.29 is 0 Å². The fourth-order valence-electron chi connectivity index (χ4n) is 1.61. The van der Waals surface area contributed by atoms with Crippen molar-refractivity contribution >= 4 is 11.8 Å². The van der Waals surface area contributed by atoms with Crippen LogP contribution < -0.4 is 5.73 Å². The number of hydrogen-bond acceptors (Lipinski definition) is 2. The fraction of sp³-hybridized carbons (Fsp3) is 0.500. The van der Waals surface area contributed by atoms with Crippen molar-refractivity contribution in [2.24, 2.45) is 5.73 Å². The Bertz CT molecular complexity index is 306. The zero-order chi connectivity index (χ0) is 10.2. The Labute approximate surface area is 90.1 Å². The SMILES string of the molecule is CC(C)(N)c1ccc(C2CSC2)cc1. The molecule has 0 amide bonds. The summed E-state index contributed by atoms with van der Waals surface area (Å²) in [4.78, 5) is 0. The molecule has 0 aromatic heterocycles. The molecule has 1 saturated heterocycles. The third kappa shape index (κ3) is 1.96. The summed E-state index contributed by atoms with van der Waals surface area (Å²) in [7, 11) is 0. The molecule has 1 nitrogen and oxygen atoms in total. The van der Waals surface area contributed by atoms with Crippen molar-refractivity contribution in [1.29, 1.82) is 0 Å². The molecule has 0 atom stereocenters. The summed E-state index contributed by atoms with van der Waals surface area (Å²) >= 11 is 2.03. The molecule has 1 aliphatic rings. The molecule has 1 aromatic rings. The molecule has 14 heavy (non-hydrogen) atoms. The summed E-state index contributed by atoms with van der Waals surface area (Å²) in [5.74, 6) is 3.35. The Kier molecular flexibility index (Phi) is 2.58. The predicted molar refractivity (Wildman–Crippen MR) is 63.7 cm³/mol. The maximum absolute atomic E-state index is 6.03. The van der Waals surface area contributed by atoms with Gasteiger partial charge < -0.3 is 5.73 Å². The summed E-state index contributed by atoms with van der Waals surface area (Å²) in [5, 5.41) is 0. The van der Waals surface area contributed by atoms with Crippen LogP contribution in [0, 0.1) is 0 Å². The highest BCUT2D eigenvalue weighted by Gasteiger charge is 2.20. The molecular weight excluding hydrogens is 190 g/mol. The molecule has 1 aliphatic heterocycles. The molecule has 2 N–H and O–H groups in total. The van der Waals surface area contributed by atoms with Gasteiger partial charge in [0, 0.05) is 23.0 Å². The molecule has 0 spiro atoms. The molecule has 76 valence electrons. The highest BCUT2D eigenvalue weighted by atomic mass is 32.2. The van der Waals surface area contributed by atoms with Crippen molar-refractivity contribution in [2.45, 2.75) is 25.3 Å². The van der Waals surface area contributed by atoms with Gasteiger partial charge in [0.15, 0.2) is 0 Å². The minimum absolute atomic E-state index is 0.215. The Hall–Kier alpha value is -0.470. The molecule has 0 unspecified atom stereocenters. The van der Waals surface area contributed by atoms with Crippen LogP contribution in [0.1, 0.15) is 30.9 Å². The van der Waals surface area contributed by atoms with Crippen molar-refractivity contribution in [3.05, 3.63) is 35.4 Å².